The highest BCUT2D eigenvalue weighted by molar-refractivity contribution is 6.13. The molecule has 0 aliphatic carbocycles. The van der Waals surface area contributed by atoms with Crippen LogP contribution in [0.2, 0.25) is 0 Å². The molecular weight excluding hydrogens is 631 g/mol. The second kappa shape index (κ2) is 10.7. The van der Waals surface area contributed by atoms with Crippen LogP contribution >= 0.6 is 0 Å². The van der Waals surface area contributed by atoms with Crippen LogP contribution < -0.4 is 0 Å². The molecule has 0 radical (unpaired) electrons. The van der Waals surface area contributed by atoms with Crippen LogP contribution in [0.5, 0.6) is 0 Å². The maximum absolute atomic E-state index is 6.26. The van der Waals surface area contributed by atoms with Crippen LogP contribution in [0.1, 0.15) is 0 Å². The molecule has 11 rings (SSSR count). The number of hydrogen-bond donors (Lipinski definition) is 0. The Hall–Kier alpha value is -7.05. The SMILES string of the molecule is c1cc(-c2nc(-c3ccc4oc5ccccc5c4c3)nc(-c3cccc4oc5ccccc5c34)n2)cc(-c2cccc3oc4ccccc4c23)c1. The molecule has 6 nitrogen and oxygen atoms in total. The van der Waals surface area contributed by atoms with Gasteiger partial charge in [-0.2, -0.15) is 0 Å². The lowest BCUT2D eigenvalue weighted by Crippen LogP contribution is -2.00. The van der Waals surface area contributed by atoms with Gasteiger partial charge in [0.05, 0.1) is 0 Å². The number of hydrogen-bond acceptors (Lipinski definition) is 6. The predicted molar refractivity (Wildman–Crippen MR) is 203 cm³/mol. The van der Waals surface area contributed by atoms with Crippen molar-refractivity contribution in [3.8, 4) is 45.3 Å². The third kappa shape index (κ3) is 4.33. The van der Waals surface area contributed by atoms with E-state index in [9.17, 15) is 0 Å². The van der Waals surface area contributed by atoms with E-state index in [1.807, 2.05) is 91.0 Å². The highest BCUT2D eigenvalue weighted by Gasteiger charge is 2.19. The smallest absolute Gasteiger partial charge is 0.164 e. The van der Waals surface area contributed by atoms with Gasteiger partial charge in [-0.3, -0.25) is 0 Å². The van der Waals surface area contributed by atoms with Crippen molar-refractivity contribution in [2.45, 2.75) is 0 Å². The van der Waals surface area contributed by atoms with Gasteiger partial charge < -0.3 is 13.3 Å². The molecule has 0 atom stereocenters. The van der Waals surface area contributed by atoms with Gasteiger partial charge in [-0.25, -0.2) is 15.0 Å². The molecule has 0 aliphatic heterocycles. The van der Waals surface area contributed by atoms with Crippen molar-refractivity contribution in [3.05, 3.63) is 152 Å². The Morgan fingerprint density at radius 2 is 0.765 bits per heavy atom. The summed E-state index contributed by atoms with van der Waals surface area (Å²) >= 11 is 0. The summed E-state index contributed by atoms with van der Waals surface area (Å²) in [6.45, 7) is 0. The average Bonchev–Trinajstić information content (AvgIpc) is 3.88. The lowest BCUT2D eigenvalue weighted by atomic mass is 9.98. The van der Waals surface area contributed by atoms with Gasteiger partial charge in [0.15, 0.2) is 17.5 Å². The minimum Gasteiger partial charge on any atom is -0.456 e. The molecule has 0 N–H and O–H groups in total. The van der Waals surface area contributed by atoms with Gasteiger partial charge in [0, 0.05) is 49.0 Å². The third-order valence-corrected chi connectivity index (χ3v) is 9.75. The van der Waals surface area contributed by atoms with Crippen LogP contribution in [0, 0.1) is 0 Å². The van der Waals surface area contributed by atoms with E-state index in [0.29, 0.717) is 17.5 Å². The van der Waals surface area contributed by atoms with Crippen molar-refractivity contribution in [1.29, 1.82) is 0 Å². The van der Waals surface area contributed by atoms with Gasteiger partial charge in [-0.15, -0.1) is 0 Å². The molecule has 0 saturated heterocycles. The van der Waals surface area contributed by atoms with Gasteiger partial charge in [-0.05, 0) is 65.7 Å². The fraction of sp³-hybridized carbons (Fsp3) is 0. The minimum absolute atomic E-state index is 0.567. The summed E-state index contributed by atoms with van der Waals surface area (Å²) in [4.78, 5) is 15.5. The number of rotatable bonds is 4. The van der Waals surface area contributed by atoms with Crippen molar-refractivity contribution < 1.29 is 13.3 Å². The molecule has 11 aromatic rings. The molecule has 0 aliphatic rings. The summed E-state index contributed by atoms with van der Waals surface area (Å²) in [5.41, 5.74) is 9.74. The quantitative estimate of drug-likeness (QED) is 0.188. The van der Waals surface area contributed by atoms with Crippen LogP contribution in [-0.2, 0) is 0 Å². The molecule has 7 aromatic carbocycles. The van der Waals surface area contributed by atoms with Crippen LogP contribution in [-0.4, -0.2) is 15.0 Å². The van der Waals surface area contributed by atoms with E-state index < -0.39 is 0 Å². The van der Waals surface area contributed by atoms with E-state index in [-0.39, 0.29) is 0 Å². The lowest BCUT2D eigenvalue weighted by molar-refractivity contribution is 0.668. The largest absolute Gasteiger partial charge is 0.456 e. The van der Waals surface area contributed by atoms with Gasteiger partial charge in [0.25, 0.3) is 0 Å². The monoisotopic (exact) mass is 655 g/mol. The van der Waals surface area contributed by atoms with Crippen LogP contribution in [0.25, 0.3) is 111 Å². The first-order valence-electron chi connectivity index (χ1n) is 16.8. The van der Waals surface area contributed by atoms with E-state index in [0.717, 1.165) is 93.6 Å². The van der Waals surface area contributed by atoms with E-state index in [2.05, 4.69) is 60.7 Å². The average molecular weight is 656 g/mol. The Morgan fingerprint density at radius 1 is 0.294 bits per heavy atom. The normalized spacial score (nSPS) is 11.9. The maximum Gasteiger partial charge on any atom is 0.164 e. The number of aromatic nitrogens is 3. The Kier molecular flexibility index (Phi) is 5.86. The van der Waals surface area contributed by atoms with Gasteiger partial charge in [0.2, 0.25) is 0 Å². The zero-order valence-corrected chi connectivity index (χ0v) is 27.0. The van der Waals surface area contributed by atoms with E-state index in [1.165, 1.54) is 0 Å². The van der Waals surface area contributed by atoms with Gasteiger partial charge >= 0.3 is 0 Å². The molecule has 0 unspecified atom stereocenters. The molecule has 6 heteroatoms. The summed E-state index contributed by atoms with van der Waals surface area (Å²) in [5, 5.41) is 6.21. The van der Waals surface area contributed by atoms with Crippen LogP contribution in [0.3, 0.4) is 0 Å². The summed E-state index contributed by atoms with van der Waals surface area (Å²) in [7, 11) is 0. The summed E-state index contributed by atoms with van der Waals surface area (Å²) in [6.07, 6.45) is 0. The minimum atomic E-state index is 0.567. The van der Waals surface area contributed by atoms with E-state index in [4.69, 9.17) is 28.2 Å². The molecule has 0 bridgehead atoms. The molecule has 0 spiro atoms. The first kappa shape index (κ1) is 27.9. The zero-order valence-electron chi connectivity index (χ0n) is 27.0. The first-order valence-corrected chi connectivity index (χ1v) is 16.8. The molecule has 4 aromatic heterocycles. The fourth-order valence-corrected chi connectivity index (χ4v) is 7.42. The molecule has 4 heterocycles. The van der Waals surface area contributed by atoms with Crippen LogP contribution in [0.15, 0.2) is 165 Å². The van der Waals surface area contributed by atoms with Crippen molar-refractivity contribution in [2.24, 2.45) is 0 Å². The second-order valence-corrected chi connectivity index (χ2v) is 12.8. The molecular formula is C45H25N3O3. The Bertz CT molecular complexity index is 3170. The fourth-order valence-electron chi connectivity index (χ4n) is 7.42. The standard InChI is InChI=1S/C45H25N3O3/c1-4-17-35-30(12-1)34-25-28(22-23-38(34)49-35)44-46-43(47-45(48-44)33-16-9-21-40-42(33)32-14-3-6-19-37(32)51-40)27-11-7-10-26(24-27)29-15-8-20-39-41(29)31-13-2-5-18-36(31)50-39/h1-25H. The Morgan fingerprint density at radius 3 is 1.47 bits per heavy atom. The highest BCUT2D eigenvalue weighted by atomic mass is 16.3. The molecule has 0 amide bonds. The molecule has 0 fully saturated rings. The summed E-state index contributed by atoms with van der Waals surface area (Å²) in [5.74, 6) is 1.71. The molecule has 0 saturated carbocycles. The van der Waals surface area contributed by atoms with Gasteiger partial charge in [-0.1, -0.05) is 97.1 Å². The number of para-hydroxylation sites is 3. The van der Waals surface area contributed by atoms with Crippen molar-refractivity contribution in [2.75, 3.05) is 0 Å². The Labute approximate surface area is 290 Å². The highest BCUT2D eigenvalue weighted by Crippen LogP contribution is 2.40. The van der Waals surface area contributed by atoms with E-state index >= 15 is 0 Å². The zero-order chi connectivity index (χ0) is 33.5. The van der Waals surface area contributed by atoms with Crippen molar-refractivity contribution >= 4 is 65.8 Å². The number of fused-ring (bicyclic) bond motifs is 9. The summed E-state index contributed by atoms with van der Waals surface area (Å²) < 4.78 is 18.6. The number of furan rings is 3. The lowest BCUT2D eigenvalue weighted by Gasteiger charge is -2.11. The van der Waals surface area contributed by atoms with Crippen molar-refractivity contribution in [3.63, 3.8) is 0 Å². The van der Waals surface area contributed by atoms with Gasteiger partial charge in [0.1, 0.15) is 33.5 Å². The Balaban J connectivity index is 1.15. The summed E-state index contributed by atoms with van der Waals surface area (Å²) in [6, 6.07) is 51.1. The van der Waals surface area contributed by atoms with E-state index in [1.54, 1.807) is 0 Å². The predicted octanol–water partition coefficient (Wildman–Crippen LogP) is 12.2. The van der Waals surface area contributed by atoms with Crippen molar-refractivity contribution in [1.82, 2.24) is 15.0 Å². The third-order valence-electron chi connectivity index (χ3n) is 9.75. The topological polar surface area (TPSA) is 78.1 Å². The molecule has 238 valence electrons. The maximum atomic E-state index is 6.26. The molecule has 51 heavy (non-hydrogen) atoms. The first-order chi connectivity index (χ1) is 25.2. The number of nitrogens with zero attached hydrogens (tertiary/aromatic N) is 3. The second-order valence-electron chi connectivity index (χ2n) is 12.8. The number of benzene rings is 7. The van der Waals surface area contributed by atoms with Crippen LogP contribution in [0.4, 0.5) is 0 Å².